The Balaban J connectivity index is 1.98. The van der Waals surface area contributed by atoms with Crippen molar-refractivity contribution in [3.63, 3.8) is 0 Å². The van der Waals surface area contributed by atoms with Crippen LogP contribution in [0.5, 0.6) is 5.75 Å². The number of carboxylic acid groups (broad SMARTS) is 1. The quantitative estimate of drug-likeness (QED) is 0.896. The standard InChI is InChI=1S/C14H18O4/c1-9-7-13(8-10(2)17-9)18-12-5-3-11(4-6-12)14(15)16/h3-6,9-10,13H,7-8H2,1-2H3,(H,15,16). The molecule has 0 amide bonds. The molecule has 1 fully saturated rings. The summed E-state index contributed by atoms with van der Waals surface area (Å²) in [7, 11) is 0. The highest BCUT2D eigenvalue weighted by atomic mass is 16.5. The van der Waals surface area contributed by atoms with Crippen LogP contribution in [0.2, 0.25) is 0 Å². The monoisotopic (exact) mass is 250 g/mol. The van der Waals surface area contributed by atoms with E-state index < -0.39 is 5.97 Å². The second kappa shape index (κ2) is 5.40. The minimum absolute atomic E-state index is 0.138. The fraction of sp³-hybridized carbons (Fsp3) is 0.500. The highest BCUT2D eigenvalue weighted by Crippen LogP contribution is 2.24. The first kappa shape index (κ1) is 12.9. The van der Waals surface area contributed by atoms with E-state index in [1.165, 1.54) is 0 Å². The molecule has 1 aliphatic heterocycles. The van der Waals surface area contributed by atoms with E-state index in [9.17, 15) is 4.79 Å². The lowest BCUT2D eigenvalue weighted by molar-refractivity contribution is -0.0721. The molecule has 0 radical (unpaired) electrons. The van der Waals surface area contributed by atoms with Crippen LogP contribution >= 0.6 is 0 Å². The van der Waals surface area contributed by atoms with Crippen LogP contribution in [-0.4, -0.2) is 29.4 Å². The second-order valence-electron chi connectivity index (χ2n) is 4.80. The molecule has 1 aromatic rings. The molecule has 4 heteroatoms. The van der Waals surface area contributed by atoms with Crippen molar-refractivity contribution < 1.29 is 19.4 Å². The van der Waals surface area contributed by atoms with E-state index in [-0.39, 0.29) is 23.9 Å². The van der Waals surface area contributed by atoms with Gasteiger partial charge in [-0.15, -0.1) is 0 Å². The summed E-state index contributed by atoms with van der Waals surface area (Å²) >= 11 is 0. The molecular weight excluding hydrogens is 232 g/mol. The Hall–Kier alpha value is -1.55. The van der Waals surface area contributed by atoms with Gasteiger partial charge in [0.2, 0.25) is 0 Å². The summed E-state index contributed by atoms with van der Waals surface area (Å²) in [5, 5.41) is 8.81. The zero-order chi connectivity index (χ0) is 13.1. The summed E-state index contributed by atoms with van der Waals surface area (Å²) < 4.78 is 11.5. The molecule has 0 aliphatic carbocycles. The SMILES string of the molecule is CC1CC(Oc2ccc(C(=O)O)cc2)CC(C)O1. The second-order valence-corrected chi connectivity index (χ2v) is 4.80. The van der Waals surface area contributed by atoms with Gasteiger partial charge in [-0.25, -0.2) is 4.79 Å². The fourth-order valence-corrected chi connectivity index (χ4v) is 2.31. The Morgan fingerprint density at radius 1 is 1.22 bits per heavy atom. The zero-order valence-electron chi connectivity index (χ0n) is 10.6. The first-order chi connectivity index (χ1) is 8.54. The summed E-state index contributed by atoms with van der Waals surface area (Å²) in [6.07, 6.45) is 2.28. The van der Waals surface area contributed by atoms with Gasteiger partial charge in [0.1, 0.15) is 11.9 Å². The first-order valence-corrected chi connectivity index (χ1v) is 6.20. The van der Waals surface area contributed by atoms with Crippen molar-refractivity contribution in [3.05, 3.63) is 29.8 Å². The lowest BCUT2D eigenvalue weighted by Gasteiger charge is -2.32. The number of carboxylic acids is 1. The molecule has 4 nitrogen and oxygen atoms in total. The van der Waals surface area contributed by atoms with Crippen LogP contribution in [0.25, 0.3) is 0 Å². The van der Waals surface area contributed by atoms with Crippen LogP contribution in [0.4, 0.5) is 0 Å². The maximum atomic E-state index is 10.7. The normalized spacial score (nSPS) is 27.8. The third kappa shape index (κ3) is 3.23. The van der Waals surface area contributed by atoms with Gasteiger partial charge in [-0.1, -0.05) is 0 Å². The van der Waals surface area contributed by atoms with Crippen molar-refractivity contribution in [1.82, 2.24) is 0 Å². The third-order valence-corrected chi connectivity index (χ3v) is 3.06. The maximum absolute atomic E-state index is 10.7. The Morgan fingerprint density at radius 3 is 2.28 bits per heavy atom. The smallest absolute Gasteiger partial charge is 0.335 e. The van der Waals surface area contributed by atoms with Crippen molar-refractivity contribution in [2.24, 2.45) is 0 Å². The van der Waals surface area contributed by atoms with Gasteiger partial charge in [-0.3, -0.25) is 0 Å². The van der Waals surface area contributed by atoms with Gasteiger partial charge >= 0.3 is 5.97 Å². The van der Waals surface area contributed by atoms with Crippen LogP contribution in [0.15, 0.2) is 24.3 Å². The van der Waals surface area contributed by atoms with Crippen molar-refractivity contribution >= 4 is 5.97 Å². The van der Waals surface area contributed by atoms with Crippen molar-refractivity contribution in [1.29, 1.82) is 0 Å². The molecule has 0 saturated carbocycles. The van der Waals surface area contributed by atoms with Gasteiger partial charge in [0.05, 0.1) is 17.8 Å². The van der Waals surface area contributed by atoms with E-state index in [4.69, 9.17) is 14.6 Å². The zero-order valence-corrected chi connectivity index (χ0v) is 10.6. The van der Waals surface area contributed by atoms with Gasteiger partial charge in [0.25, 0.3) is 0 Å². The predicted octanol–water partition coefficient (Wildman–Crippen LogP) is 2.72. The van der Waals surface area contributed by atoms with E-state index in [2.05, 4.69) is 0 Å². The molecule has 2 rings (SSSR count). The Labute approximate surface area is 107 Å². The third-order valence-electron chi connectivity index (χ3n) is 3.06. The number of rotatable bonds is 3. The number of ether oxygens (including phenoxy) is 2. The van der Waals surface area contributed by atoms with E-state index in [1.807, 2.05) is 13.8 Å². The van der Waals surface area contributed by atoms with Gasteiger partial charge in [0, 0.05) is 12.8 Å². The molecule has 2 atom stereocenters. The van der Waals surface area contributed by atoms with Crippen molar-refractivity contribution in [3.8, 4) is 5.75 Å². The van der Waals surface area contributed by atoms with Gasteiger partial charge in [-0.2, -0.15) is 0 Å². The van der Waals surface area contributed by atoms with E-state index >= 15 is 0 Å². The van der Waals surface area contributed by atoms with Crippen molar-refractivity contribution in [2.45, 2.75) is 45.0 Å². The van der Waals surface area contributed by atoms with Crippen LogP contribution in [0.3, 0.4) is 0 Å². The van der Waals surface area contributed by atoms with Gasteiger partial charge in [0.15, 0.2) is 0 Å². The number of aromatic carboxylic acids is 1. The molecule has 1 heterocycles. The summed E-state index contributed by atoms with van der Waals surface area (Å²) in [4.78, 5) is 10.7. The van der Waals surface area contributed by atoms with E-state index in [0.29, 0.717) is 5.75 Å². The number of benzene rings is 1. The minimum atomic E-state index is -0.921. The van der Waals surface area contributed by atoms with Crippen molar-refractivity contribution in [2.75, 3.05) is 0 Å². The van der Waals surface area contributed by atoms with E-state index in [1.54, 1.807) is 24.3 Å². The average Bonchev–Trinajstić information content (AvgIpc) is 2.28. The highest BCUT2D eigenvalue weighted by Gasteiger charge is 2.25. The molecule has 0 bridgehead atoms. The van der Waals surface area contributed by atoms with Gasteiger partial charge < -0.3 is 14.6 Å². The molecule has 1 N–H and O–H groups in total. The number of hydrogen-bond acceptors (Lipinski definition) is 3. The summed E-state index contributed by atoms with van der Waals surface area (Å²) in [6.45, 7) is 4.08. The predicted molar refractivity (Wildman–Crippen MR) is 67.1 cm³/mol. The Morgan fingerprint density at radius 2 is 1.78 bits per heavy atom. The molecular formula is C14H18O4. The van der Waals surface area contributed by atoms with Crippen LogP contribution in [0, 0.1) is 0 Å². The average molecular weight is 250 g/mol. The Bertz CT molecular complexity index is 402. The van der Waals surface area contributed by atoms with Crippen LogP contribution in [-0.2, 0) is 4.74 Å². The summed E-state index contributed by atoms with van der Waals surface area (Å²) in [5.41, 5.74) is 0.274. The largest absolute Gasteiger partial charge is 0.490 e. The molecule has 0 aromatic heterocycles. The highest BCUT2D eigenvalue weighted by molar-refractivity contribution is 5.87. The number of carbonyl (C=O) groups is 1. The molecule has 0 spiro atoms. The summed E-state index contributed by atoms with van der Waals surface area (Å²) in [5.74, 6) is -0.207. The molecule has 1 aromatic carbocycles. The molecule has 1 saturated heterocycles. The molecule has 1 aliphatic rings. The first-order valence-electron chi connectivity index (χ1n) is 6.20. The number of hydrogen-bond donors (Lipinski definition) is 1. The van der Waals surface area contributed by atoms with Crippen LogP contribution in [0.1, 0.15) is 37.0 Å². The minimum Gasteiger partial charge on any atom is -0.490 e. The molecule has 18 heavy (non-hydrogen) atoms. The lowest BCUT2D eigenvalue weighted by Crippen LogP contribution is -2.35. The fourth-order valence-electron chi connectivity index (χ4n) is 2.31. The van der Waals surface area contributed by atoms with E-state index in [0.717, 1.165) is 12.8 Å². The molecule has 98 valence electrons. The lowest BCUT2D eigenvalue weighted by atomic mass is 10.0. The topological polar surface area (TPSA) is 55.8 Å². The van der Waals surface area contributed by atoms with Crippen LogP contribution < -0.4 is 4.74 Å². The molecule has 2 unspecified atom stereocenters. The van der Waals surface area contributed by atoms with Gasteiger partial charge in [-0.05, 0) is 38.1 Å². The maximum Gasteiger partial charge on any atom is 0.335 e. The summed E-state index contributed by atoms with van der Waals surface area (Å²) in [6, 6.07) is 6.52. The Kier molecular flexibility index (Phi) is 3.87.